The predicted octanol–water partition coefficient (Wildman–Crippen LogP) is 2.85. The fraction of sp³-hybridized carbons (Fsp3) is 0.333. The average molecular weight is 436 g/mol. The molecule has 7 nitrogen and oxygen atoms in total. The van der Waals surface area contributed by atoms with E-state index in [1.807, 2.05) is 13.8 Å². The van der Waals surface area contributed by atoms with Gasteiger partial charge >= 0.3 is 0 Å². The molecule has 0 aliphatic carbocycles. The van der Waals surface area contributed by atoms with Gasteiger partial charge in [-0.2, -0.15) is 0 Å². The molecule has 0 unspecified atom stereocenters. The number of benzene rings is 1. The molecule has 3 aromatic rings. The molecule has 2 heterocycles. The van der Waals surface area contributed by atoms with Crippen LogP contribution in [0.4, 0.5) is 4.39 Å². The van der Waals surface area contributed by atoms with Crippen molar-refractivity contribution in [2.24, 2.45) is 0 Å². The van der Waals surface area contributed by atoms with Gasteiger partial charge in [0.15, 0.2) is 0 Å². The van der Waals surface area contributed by atoms with Crippen LogP contribution in [0.3, 0.4) is 0 Å². The molecule has 0 saturated carbocycles. The van der Waals surface area contributed by atoms with Crippen LogP contribution in [-0.4, -0.2) is 39.2 Å². The summed E-state index contributed by atoms with van der Waals surface area (Å²) < 4.78 is 22.9. The number of fused-ring (bicyclic) bond motifs is 1. The third-order valence-electron chi connectivity index (χ3n) is 4.37. The van der Waals surface area contributed by atoms with Crippen LogP contribution in [0.2, 0.25) is 5.02 Å². The third-order valence-corrected chi connectivity index (χ3v) is 4.60. The van der Waals surface area contributed by atoms with Gasteiger partial charge < -0.3 is 19.6 Å². The molecular formula is C21H23ClFN3O4. The Hall–Kier alpha value is -2.84. The van der Waals surface area contributed by atoms with E-state index in [9.17, 15) is 14.0 Å². The Labute approximate surface area is 177 Å². The lowest BCUT2D eigenvalue weighted by Gasteiger charge is -2.16. The first-order valence-electron chi connectivity index (χ1n) is 9.54. The van der Waals surface area contributed by atoms with Crippen molar-refractivity contribution in [2.45, 2.75) is 32.9 Å². The summed E-state index contributed by atoms with van der Waals surface area (Å²) in [5, 5.41) is 11.9. The number of aliphatic hydroxyl groups excluding tert-OH is 1. The molecule has 30 heavy (non-hydrogen) atoms. The molecular weight excluding hydrogens is 413 g/mol. The van der Waals surface area contributed by atoms with Crippen LogP contribution in [0.15, 0.2) is 41.5 Å². The van der Waals surface area contributed by atoms with Gasteiger partial charge in [-0.05, 0) is 32.0 Å². The molecule has 2 aromatic heterocycles. The molecule has 1 amide bonds. The van der Waals surface area contributed by atoms with E-state index in [4.69, 9.17) is 21.4 Å². The van der Waals surface area contributed by atoms with Crippen molar-refractivity contribution in [3.05, 3.63) is 57.9 Å². The number of hydrogen-bond donors (Lipinski definition) is 2. The van der Waals surface area contributed by atoms with Crippen LogP contribution < -0.4 is 15.6 Å². The monoisotopic (exact) mass is 435 g/mol. The van der Waals surface area contributed by atoms with Gasteiger partial charge in [-0.1, -0.05) is 11.6 Å². The first-order valence-corrected chi connectivity index (χ1v) is 9.92. The summed E-state index contributed by atoms with van der Waals surface area (Å²) in [7, 11) is 0. The lowest BCUT2D eigenvalue weighted by atomic mass is 10.1. The van der Waals surface area contributed by atoms with Crippen molar-refractivity contribution in [3.63, 3.8) is 0 Å². The summed E-state index contributed by atoms with van der Waals surface area (Å²) in [6, 6.07) is 5.48. The van der Waals surface area contributed by atoms with Crippen molar-refractivity contribution in [3.8, 4) is 17.0 Å². The largest absolute Gasteiger partial charge is 0.492 e. The number of amides is 1. The zero-order valence-corrected chi connectivity index (χ0v) is 17.4. The quantitative estimate of drug-likeness (QED) is 0.533. The normalized spacial score (nSPS) is 11.3. The van der Waals surface area contributed by atoms with Crippen molar-refractivity contribution in [1.82, 2.24) is 14.3 Å². The molecule has 2 N–H and O–H groups in total. The molecule has 0 fully saturated rings. The van der Waals surface area contributed by atoms with E-state index < -0.39 is 11.4 Å². The molecule has 160 valence electrons. The Morgan fingerprint density at radius 3 is 2.77 bits per heavy atom. The first kappa shape index (κ1) is 21.9. The Bertz CT molecular complexity index is 1120. The second-order valence-corrected chi connectivity index (χ2v) is 7.58. The summed E-state index contributed by atoms with van der Waals surface area (Å²) in [4.78, 5) is 25.6. The van der Waals surface area contributed by atoms with Gasteiger partial charge in [-0.15, -0.1) is 0 Å². The predicted molar refractivity (Wildman–Crippen MR) is 113 cm³/mol. The van der Waals surface area contributed by atoms with Crippen molar-refractivity contribution >= 4 is 23.0 Å². The van der Waals surface area contributed by atoms with Gasteiger partial charge in [0.25, 0.3) is 5.56 Å². The lowest BCUT2D eigenvalue weighted by Crippen LogP contribution is -2.37. The Morgan fingerprint density at radius 2 is 2.07 bits per heavy atom. The standard InChI is InChI=1S/C21H23ClFN3O4/c1-13(2)24-20(28)12-26-19(16-8-14(22)4-5-17(16)23)11-25-10-15(30-7-3-6-27)9-18(25)21(26)29/h4-5,8-11,13,27H,3,6-7,12H2,1-2H3,(H,24,28). The SMILES string of the molecule is CC(C)NC(=O)Cn1c(-c2cc(Cl)ccc2F)cn2cc(OCCCO)cc2c1=O. The number of aliphatic hydroxyl groups is 1. The number of carbonyl (C=O) groups excluding carboxylic acids is 1. The van der Waals surface area contributed by atoms with E-state index in [-0.39, 0.29) is 48.5 Å². The Kier molecular flexibility index (Phi) is 6.79. The number of ether oxygens (including phenoxy) is 1. The fourth-order valence-electron chi connectivity index (χ4n) is 3.09. The number of hydrogen-bond acceptors (Lipinski definition) is 4. The van der Waals surface area contributed by atoms with Crippen LogP contribution in [0.25, 0.3) is 16.8 Å². The van der Waals surface area contributed by atoms with Crippen LogP contribution in [0, 0.1) is 5.82 Å². The molecule has 0 radical (unpaired) electrons. The van der Waals surface area contributed by atoms with Crippen LogP contribution in [0.1, 0.15) is 20.3 Å². The van der Waals surface area contributed by atoms with Crippen molar-refractivity contribution < 1.29 is 19.0 Å². The Morgan fingerprint density at radius 1 is 1.30 bits per heavy atom. The second kappa shape index (κ2) is 9.32. The first-order chi connectivity index (χ1) is 14.3. The zero-order chi connectivity index (χ0) is 21.8. The number of nitrogens with one attached hydrogen (secondary N) is 1. The second-order valence-electron chi connectivity index (χ2n) is 7.15. The topological polar surface area (TPSA) is 85.0 Å². The minimum atomic E-state index is -0.567. The van der Waals surface area contributed by atoms with E-state index in [2.05, 4.69) is 5.32 Å². The minimum Gasteiger partial charge on any atom is -0.492 e. The van der Waals surface area contributed by atoms with E-state index in [1.54, 1.807) is 18.5 Å². The van der Waals surface area contributed by atoms with Gasteiger partial charge in [0.1, 0.15) is 23.6 Å². The number of rotatable bonds is 8. The van der Waals surface area contributed by atoms with Crippen molar-refractivity contribution in [1.29, 1.82) is 0 Å². The highest BCUT2D eigenvalue weighted by molar-refractivity contribution is 6.30. The van der Waals surface area contributed by atoms with Gasteiger partial charge in [0.05, 0.1) is 18.5 Å². The van der Waals surface area contributed by atoms with E-state index in [0.29, 0.717) is 17.2 Å². The van der Waals surface area contributed by atoms with Gasteiger partial charge in [0, 0.05) is 41.9 Å². The summed E-state index contributed by atoms with van der Waals surface area (Å²) in [6.07, 6.45) is 3.61. The fourth-order valence-corrected chi connectivity index (χ4v) is 3.26. The molecule has 0 bridgehead atoms. The van der Waals surface area contributed by atoms with E-state index >= 15 is 0 Å². The Balaban J connectivity index is 2.15. The van der Waals surface area contributed by atoms with Crippen LogP contribution >= 0.6 is 11.6 Å². The van der Waals surface area contributed by atoms with Crippen LogP contribution in [-0.2, 0) is 11.3 Å². The highest BCUT2D eigenvalue weighted by Crippen LogP contribution is 2.27. The molecule has 0 aliphatic rings. The van der Waals surface area contributed by atoms with Gasteiger partial charge in [-0.25, -0.2) is 4.39 Å². The molecule has 1 aromatic carbocycles. The number of halogens is 2. The molecule has 0 atom stereocenters. The maximum atomic E-state index is 14.6. The summed E-state index contributed by atoms with van der Waals surface area (Å²) >= 11 is 6.05. The van der Waals surface area contributed by atoms with Gasteiger partial charge in [-0.3, -0.25) is 14.2 Å². The highest BCUT2D eigenvalue weighted by atomic mass is 35.5. The van der Waals surface area contributed by atoms with Gasteiger partial charge in [0.2, 0.25) is 5.91 Å². The molecule has 9 heteroatoms. The lowest BCUT2D eigenvalue weighted by molar-refractivity contribution is -0.122. The summed E-state index contributed by atoms with van der Waals surface area (Å²) in [5.74, 6) is -0.503. The number of aromatic nitrogens is 2. The smallest absolute Gasteiger partial charge is 0.275 e. The third kappa shape index (κ3) is 4.83. The van der Waals surface area contributed by atoms with E-state index in [1.165, 1.54) is 27.2 Å². The molecule has 0 aliphatic heterocycles. The molecule has 0 spiro atoms. The average Bonchev–Trinajstić information content (AvgIpc) is 3.09. The van der Waals surface area contributed by atoms with Crippen molar-refractivity contribution in [2.75, 3.05) is 13.2 Å². The molecule has 0 saturated heterocycles. The highest BCUT2D eigenvalue weighted by Gasteiger charge is 2.18. The minimum absolute atomic E-state index is 0.0106. The number of nitrogens with zero attached hydrogens (tertiary/aromatic N) is 2. The van der Waals surface area contributed by atoms with E-state index in [0.717, 1.165) is 0 Å². The van der Waals surface area contributed by atoms with Crippen LogP contribution in [0.5, 0.6) is 5.75 Å². The maximum Gasteiger partial charge on any atom is 0.275 e. The summed E-state index contributed by atoms with van der Waals surface area (Å²) in [5.41, 5.74) is 0.125. The zero-order valence-electron chi connectivity index (χ0n) is 16.7. The maximum absolute atomic E-state index is 14.6. The molecule has 3 rings (SSSR count). The number of carbonyl (C=O) groups is 1. The summed E-state index contributed by atoms with van der Waals surface area (Å²) in [6.45, 7) is 3.62.